The van der Waals surface area contributed by atoms with Crippen molar-refractivity contribution in [3.8, 4) is 0 Å². The van der Waals surface area contributed by atoms with Crippen molar-refractivity contribution >= 4 is 11.9 Å². The summed E-state index contributed by atoms with van der Waals surface area (Å²) in [4.78, 5) is 25.4. The van der Waals surface area contributed by atoms with Crippen molar-refractivity contribution in [2.75, 3.05) is 19.6 Å². The number of hydrogen-bond donors (Lipinski definition) is 2. The van der Waals surface area contributed by atoms with Crippen molar-refractivity contribution in [1.82, 2.24) is 4.90 Å². The van der Waals surface area contributed by atoms with Gasteiger partial charge in [0.25, 0.3) is 0 Å². The van der Waals surface area contributed by atoms with Gasteiger partial charge in [0, 0.05) is 26.1 Å². The molecule has 1 saturated carbocycles. The minimum Gasteiger partial charge on any atom is -0.481 e. The molecule has 2 aliphatic rings. The number of carboxylic acids is 1. The standard InChI is InChI=1S/C15H26N2O3/c16-11-15(6-2-1-3-7-15)14(20)17-8-4-12(5-9-17)10-13(18)19/h12H,1-11,16H2,(H,18,19). The number of aliphatic carboxylic acids is 1. The summed E-state index contributed by atoms with van der Waals surface area (Å²) < 4.78 is 0. The predicted octanol–water partition coefficient (Wildman–Crippen LogP) is 1.61. The Morgan fingerprint density at radius 2 is 1.75 bits per heavy atom. The lowest BCUT2D eigenvalue weighted by molar-refractivity contribution is -0.145. The van der Waals surface area contributed by atoms with Gasteiger partial charge in [-0.25, -0.2) is 0 Å². The molecule has 2 fully saturated rings. The highest BCUT2D eigenvalue weighted by atomic mass is 16.4. The Kier molecular flexibility index (Phi) is 5.02. The molecule has 1 saturated heterocycles. The number of nitrogens with two attached hydrogens (primary N) is 1. The average molecular weight is 282 g/mol. The molecule has 5 nitrogen and oxygen atoms in total. The smallest absolute Gasteiger partial charge is 0.303 e. The summed E-state index contributed by atoms with van der Waals surface area (Å²) in [5.74, 6) is -0.300. The number of nitrogens with zero attached hydrogens (tertiary/aromatic N) is 1. The highest BCUT2D eigenvalue weighted by molar-refractivity contribution is 5.83. The van der Waals surface area contributed by atoms with Crippen LogP contribution in [0.4, 0.5) is 0 Å². The predicted molar refractivity (Wildman–Crippen MR) is 76.1 cm³/mol. The van der Waals surface area contributed by atoms with Crippen LogP contribution >= 0.6 is 0 Å². The molecule has 3 N–H and O–H groups in total. The minimum absolute atomic E-state index is 0.216. The molecule has 1 heterocycles. The fraction of sp³-hybridized carbons (Fsp3) is 0.867. The fourth-order valence-electron chi connectivity index (χ4n) is 3.66. The van der Waals surface area contributed by atoms with Gasteiger partial charge in [0.2, 0.25) is 5.91 Å². The van der Waals surface area contributed by atoms with Crippen LogP contribution < -0.4 is 5.73 Å². The van der Waals surface area contributed by atoms with Gasteiger partial charge in [-0.3, -0.25) is 9.59 Å². The van der Waals surface area contributed by atoms with E-state index < -0.39 is 5.97 Å². The van der Waals surface area contributed by atoms with Gasteiger partial charge in [-0.15, -0.1) is 0 Å². The van der Waals surface area contributed by atoms with Crippen molar-refractivity contribution < 1.29 is 14.7 Å². The van der Waals surface area contributed by atoms with Gasteiger partial charge >= 0.3 is 5.97 Å². The highest BCUT2D eigenvalue weighted by Gasteiger charge is 2.41. The molecule has 1 aliphatic heterocycles. The molecule has 1 aliphatic carbocycles. The second-order valence-electron chi connectivity index (χ2n) is 6.38. The molecule has 2 rings (SSSR count). The molecule has 0 spiro atoms. The first-order chi connectivity index (χ1) is 9.57. The summed E-state index contributed by atoms with van der Waals surface area (Å²) in [6.07, 6.45) is 7.06. The zero-order chi connectivity index (χ0) is 14.6. The summed E-state index contributed by atoms with van der Waals surface area (Å²) in [5, 5.41) is 8.83. The molecule has 0 unspecified atom stereocenters. The Hall–Kier alpha value is -1.10. The quantitative estimate of drug-likeness (QED) is 0.820. The third kappa shape index (κ3) is 3.32. The maximum absolute atomic E-state index is 12.8. The van der Waals surface area contributed by atoms with Gasteiger partial charge in [0.15, 0.2) is 0 Å². The summed E-state index contributed by atoms with van der Waals surface area (Å²) in [6, 6.07) is 0. The second-order valence-corrected chi connectivity index (χ2v) is 6.38. The maximum atomic E-state index is 12.8. The van der Waals surface area contributed by atoms with Crippen LogP contribution in [-0.4, -0.2) is 41.5 Å². The van der Waals surface area contributed by atoms with E-state index in [1.54, 1.807) is 0 Å². The van der Waals surface area contributed by atoms with E-state index >= 15 is 0 Å². The van der Waals surface area contributed by atoms with Crippen LogP contribution in [0.25, 0.3) is 0 Å². The van der Waals surface area contributed by atoms with E-state index in [0.29, 0.717) is 19.6 Å². The van der Waals surface area contributed by atoms with Crippen molar-refractivity contribution in [3.63, 3.8) is 0 Å². The van der Waals surface area contributed by atoms with Crippen LogP contribution in [0.2, 0.25) is 0 Å². The number of rotatable bonds is 4. The summed E-state index contributed by atoms with van der Waals surface area (Å²) >= 11 is 0. The average Bonchev–Trinajstić information content (AvgIpc) is 2.47. The molecule has 1 amide bonds. The Bertz CT molecular complexity index is 356. The molecular weight excluding hydrogens is 256 g/mol. The third-order valence-electron chi connectivity index (χ3n) is 5.02. The molecule has 0 bridgehead atoms. The number of carbonyl (C=O) groups excluding carboxylic acids is 1. The van der Waals surface area contributed by atoms with Crippen LogP contribution in [0.3, 0.4) is 0 Å². The van der Waals surface area contributed by atoms with E-state index in [4.69, 9.17) is 10.8 Å². The number of likely N-dealkylation sites (tertiary alicyclic amines) is 1. The van der Waals surface area contributed by atoms with E-state index in [-0.39, 0.29) is 23.7 Å². The molecule has 0 aromatic carbocycles. The van der Waals surface area contributed by atoms with Gasteiger partial charge in [0.05, 0.1) is 5.41 Å². The Labute approximate surface area is 120 Å². The van der Waals surface area contributed by atoms with E-state index in [1.807, 2.05) is 4.90 Å². The molecule has 114 valence electrons. The fourth-order valence-corrected chi connectivity index (χ4v) is 3.66. The summed E-state index contributed by atoms with van der Waals surface area (Å²) in [5.41, 5.74) is 5.58. The van der Waals surface area contributed by atoms with Crippen LogP contribution in [0, 0.1) is 11.3 Å². The SMILES string of the molecule is NCC1(C(=O)N2CCC(CC(=O)O)CC2)CCCCC1. The Balaban J connectivity index is 1.92. The summed E-state index contributed by atoms with van der Waals surface area (Å²) in [7, 11) is 0. The topological polar surface area (TPSA) is 83.6 Å². The Morgan fingerprint density at radius 3 is 2.25 bits per heavy atom. The van der Waals surface area contributed by atoms with Crippen LogP contribution in [0.5, 0.6) is 0 Å². The maximum Gasteiger partial charge on any atom is 0.303 e. The normalized spacial score (nSPS) is 23.6. The van der Waals surface area contributed by atoms with Gasteiger partial charge in [-0.1, -0.05) is 19.3 Å². The monoisotopic (exact) mass is 282 g/mol. The van der Waals surface area contributed by atoms with Gasteiger partial charge in [0.1, 0.15) is 0 Å². The number of carbonyl (C=O) groups is 2. The molecule has 20 heavy (non-hydrogen) atoms. The number of hydrogen-bond acceptors (Lipinski definition) is 3. The van der Waals surface area contributed by atoms with Crippen molar-refractivity contribution in [1.29, 1.82) is 0 Å². The Morgan fingerprint density at radius 1 is 1.15 bits per heavy atom. The largest absolute Gasteiger partial charge is 0.481 e. The summed E-state index contributed by atoms with van der Waals surface area (Å²) in [6.45, 7) is 1.83. The van der Waals surface area contributed by atoms with Crippen molar-refractivity contribution in [2.24, 2.45) is 17.1 Å². The number of carboxylic acid groups (broad SMARTS) is 1. The van der Waals surface area contributed by atoms with Crippen molar-refractivity contribution in [2.45, 2.75) is 51.4 Å². The minimum atomic E-state index is -0.736. The lowest BCUT2D eigenvalue weighted by Gasteiger charge is -2.41. The first kappa shape index (κ1) is 15.3. The van der Waals surface area contributed by atoms with Gasteiger partial charge in [-0.2, -0.15) is 0 Å². The first-order valence-corrected chi connectivity index (χ1v) is 7.79. The van der Waals surface area contributed by atoms with E-state index in [1.165, 1.54) is 6.42 Å². The lowest BCUT2D eigenvalue weighted by Crippen LogP contribution is -2.51. The number of amides is 1. The van der Waals surface area contributed by atoms with E-state index in [0.717, 1.165) is 38.5 Å². The lowest BCUT2D eigenvalue weighted by atomic mass is 9.72. The van der Waals surface area contributed by atoms with Crippen LogP contribution in [0.15, 0.2) is 0 Å². The zero-order valence-electron chi connectivity index (χ0n) is 12.1. The van der Waals surface area contributed by atoms with E-state index in [9.17, 15) is 9.59 Å². The molecule has 0 aromatic heterocycles. The number of piperidine rings is 1. The van der Waals surface area contributed by atoms with Crippen molar-refractivity contribution in [3.05, 3.63) is 0 Å². The molecule has 0 radical (unpaired) electrons. The second kappa shape index (κ2) is 6.57. The van der Waals surface area contributed by atoms with E-state index in [2.05, 4.69) is 0 Å². The molecular formula is C15H26N2O3. The first-order valence-electron chi connectivity index (χ1n) is 7.79. The zero-order valence-corrected chi connectivity index (χ0v) is 12.1. The molecule has 0 aromatic rings. The van der Waals surface area contributed by atoms with Crippen LogP contribution in [-0.2, 0) is 9.59 Å². The highest BCUT2D eigenvalue weighted by Crippen LogP contribution is 2.38. The third-order valence-corrected chi connectivity index (χ3v) is 5.02. The van der Waals surface area contributed by atoms with Gasteiger partial charge < -0.3 is 15.7 Å². The molecule has 5 heteroatoms. The van der Waals surface area contributed by atoms with Crippen LogP contribution in [0.1, 0.15) is 51.4 Å². The molecule has 0 atom stereocenters. The van der Waals surface area contributed by atoms with Gasteiger partial charge in [-0.05, 0) is 31.6 Å².